The second-order valence-electron chi connectivity index (χ2n) is 8.50. The van der Waals surface area contributed by atoms with E-state index < -0.39 is 0 Å². The molecule has 0 radical (unpaired) electrons. The SMILES string of the molecule is CCCC[C@H]1CC[C@H](CO[C@H]2CC[C@H](CCC=CC=CC#N)CC2)CC1. The minimum absolute atomic E-state index is 0.526. The Hall–Kier alpha value is -1.07. The summed E-state index contributed by atoms with van der Waals surface area (Å²) in [5.74, 6) is 2.71. The molecule has 0 aromatic carbocycles. The zero-order valence-electron chi connectivity index (χ0n) is 16.9. The summed E-state index contributed by atoms with van der Waals surface area (Å²) < 4.78 is 6.30. The molecule has 2 nitrogen and oxygen atoms in total. The Bertz CT molecular complexity index is 445. The molecule has 2 heteroatoms. The third-order valence-corrected chi connectivity index (χ3v) is 6.45. The van der Waals surface area contributed by atoms with Crippen LogP contribution in [-0.2, 0) is 4.74 Å². The molecule has 0 saturated heterocycles. The monoisotopic (exact) mass is 357 g/mol. The first kappa shape index (κ1) is 21.2. The van der Waals surface area contributed by atoms with E-state index in [0.29, 0.717) is 6.10 Å². The maximum Gasteiger partial charge on any atom is 0.0912 e. The van der Waals surface area contributed by atoms with Crippen molar-refractivity contribution in [3.63, 3.8) is 0 Å². The van der Waals surface area contributed by atoms with E-state index in [1.807, 2.05) is 18.2 Å². The van der Waals surface area contributed by atoms with E-state index in [2.05, 4.69) is 13.0 Å². The number of unbranched alkanes of at least 4 members (excludes halogenated alkanes) is 1. The van der Waals surface area contributed by atoms with Gasteiger partial charge in [0.1, 0.15) is 0 Å². The fraction of sp³-hybridized carbons (Fsp3) is 0.792. The van der Waals surface area contributed by atoms with Gasteiger partial charge in [0.25, 0.3) is 0 Å². The Balaban J connectivity index is 1.51. The van der Waals surface area contributed by atoms with Gasteiger partial charge in [-0.05, 0) is 69.1 Å². The van der Waals surface area contributed by atoms with Crippen molar-refractivity contribution in [2.24, 2.45) is 17.8 Å². The molecule has 2 aliphatic carbocycles. The molecule has 2 rings (SSSR count). The summed E-state index contributed by atoms with van der Waals surface area (Å²) in [4.78, 5) is 0. The summed E-state index contributed by atoms with van der Waals surface area (Å²) in [6.07, 6.45) is 25.6. The molecule has 0 N–H and O–H groups in total. The van der Waals surface area contributed by atoms with Gasteiger partial charge in [0.15, 0.2) is 0 Å². The van der Waals surface area contributed by atoms with Crippen molar-refractivity contribution >= 4 is 0 Å². The molecule has 0 unspecified atom stereocenters. The number of rotatable bonds is 10. The standard InChI is InChI=1S/C24H39NO/c1-2-3-9-21-11-13-23(14-12-21)20-26-24-17-15-22(16-18-24)10-7-5-4-6-8-19-25/h4-6,8,21-24H,2-3,7,9-18,20H2,1H3/t21-,22-,23-,24-. The molecule has 26 heavy (non-hydrogen) atoms. The lowest BCUT2D eigenvalue weighted by atomic mass is 9.80. The molecule has 0 amide bonds. The first-order valence-corrected chi connectivity index (χ1v) is 11.1. The number of allylic oxidation sites excluding steroid dienone is 4. The molecule has 0 bridgehead atoms. The third kappa shape index (κ3) is 8.54. The summed E-state index contributed by atoms with van der Waals surface area (Å²) in [7, 11) is 0. The minimum atomic E-state index is 0.526. The maximum absolute atomic E-state index is 8.44. The Labute approximate surface area is 161 Å². The van der Waals surface area contributed by atoms with Crippen LogP contribution in [-0.4, -0.2) is 12.7 Å². The molecule has 146 valence electrons. The molecule has 0 spiro atoms. The van der Waals surface area contributed by atoms with Crippen molar-refractivity contribution in [3.8, 4) is 6.07 Å². The first-order valence-electron chi connectivity index (χ1n) is 11.1. The molecular weight excluding hydrogens is 318 g/mol. The Kier molecular flexibility index (Phi) is 10.7. The van der Waals surface area contributed by atoms with Crippen molar-refractivity contribution in [1.29, 1.82) is 5.26 Å². The predicted octanol–water partition coefficient (Wildman–Crippen LogP) is 6.97. The molecule has 2 fully saturated rings. The van der Waals surface area contributed by atoms with Crippen LogP contribution in [0.2, 0.25) is 0 Å². The van der Waals surface area contributed by atoms with E-state index >= 15 is 0 Å². The van der Waals surface area contributed by atoms with Crippen molar-refractivity contribution in [2.75, 3.05) is 6.61 Å². The van der Waals surface area contributed by atoms with Gasteiger partial charge in [-0.1, -0.05) is 57.3 Å². The van der Waals surface area contributed by atoms with E-state index in [1.54, 1.807) is 0 Å². The van der Waals surface area contributed by atoms with Crippen LogP contribution in [0.25, 0.3) is 0 Å². The number of ether oxygens (including phenoxy) is 1. The zero-order valence-corrected chi connectivity index (χ0v) is 16.9. The quantitative estimate of drug-likeness (QED) is 0.312. The Morgan fingerprint density at radius 3 is 2.23 bits per heavy atom. The highest BCUT2D eigenvalue weighted by Gasteiger charge is 2.24. The molecule has 0 atom stereocenters. The normalized spacial score (nSPS) is 30.0. The summed E-state index contributed by atoms with van der Waals surface area (Å²) in [5.41, 5.74) is 0. The highest BCUT2D eigenvalue weighted by atomic mass is 16.5. The highest BCUT2D eigenvalue weighted by molar-refractivity contribution is 5.11. The average Bonchev–Trinajstić information content (AvgIpc) is 2.69. The molecule has 0 aromatic rings. The van der Waals surface area contributed by atoms with Crippen molar-refractivity contribution in [3.05, 3.63) is 24.3 Å². The van der Waals surface area contributed by atoms with Crippen molar-refractivity contribution in [2.45, 2.75) is 96.5 Å². The van der Waals surface area contributed by atoms with Crippen LogP contribution in [0.4, 0.5) is 0 Å². The Morgan fingerprint density at radius 2 is 1.54 bits per heavy atom. The summed E-state index contributed by atoms with van der Waals surface area (Å²) in [6, 6.07) is 2.01. The number of hydrogen-bond donors (Lipinski definition) is 0. The van der Waals surface area contributed by atoms with Gasteiger partial charge in [0, 0.05) is 12.7 Å². The van der Waals surface area contributed by atoms with E-state index in [0.717, 1.165) is 30.8 Å². The van der Waals surface area contributed by atoms with Crippen LogP contribution >= 0.6 is 0 Å². The third-order valence-electron chi connectivity index (χ3n) is 6.45. The summed E-state index contributed by atoms with van der Waals surface area (Å²) in [5, 5.41) is 8.44. The van der Waals surface area contributed by atoms with Crippen LogP contribution in [0.15, 0.2) is 24.3 Å². The van der Waals surface area contributed by atoms with Gasteiger partial charge < -0.3 is 4.74 Å². The number of hydrogen-bond acceptors (Lipinski definition) is 2. The molecule has 2 saturated carbocycles. The van der Waals surface area contributed by atoms with Gasteiger partial charge in [-0.3, -0.25) is 0 Å². The smallest absolute Gasteiger partial charge is 0.0912 e. The molecule has 0 aromatic heterocycles. The molecule has 0 heterocycles. The second kappa shape index (κ2) is 13.2. The maximum atomic E-state index is 8.44. The molecular formula is C24H39NO. The highest BCUT2D eigenvalue weighted by Crippen LogP contribution is 2.34. The average molecular weight is 358 g/mol. The van der Waals surface area contributed by atoms with Gasteiger partial charge in [0.05, 0.1) is 12.2 Å². The predicted molar refractivity (Wildman–Crippen MR) is 110 cm³/mol. The molecule has 2 aliphatic rings. The van der Waals surface area contributed by atoms with E-state index in [-0.39, 0.29) is 0 Å². The lowest BCUT2D eigenvalue weighted by Gasteiger charge is -2.32. The van der Waals surface area contributed by atoms with Gasteiger partial charge in [-0.2, -0.15) is 5.26 Å². The van der Waals surface area contributed by atoms with E-state index in [1.165, 1.54) is 83.1 Å². The van der Waals surface area contributed by atoms with Gasteiger partial charge in [0.2, 0.25) is 0 Å². The van der Waals surface area contributed by atoms with Crippen molar-refractivity contribution in [1.82, 2.24) is 0 Å². The lowest BCUT2D eigenvalue weighted by Crippen LogP contribution is -2.26. The summed E-state index contributed by atoms with van der Waals surface area (Å²) in [6.45, 7) is 3.32. The van der Waals surface area contributed by atoms with Crippen LogP contribution in [0.5, 0.6) is 0 Å². The minimum Gasteiger partial charge on any atom is -0.378 e. The lowest BCUT2D eigenvalue weighted by molar-refractivity contribution is -0.0102. The number of nitrogens with zero attached hydrogens (tertiary/aromatic N) is 1. The van der Waals surface area contributed by atoms with Gasteiger partial charge in [-0.25, -0.2) is 0 Å². The summed E-state index contributed by atoms with van der Waals surface area (Å²) >= 11 is 0. The van der Waals surface area contributed by atoms with E-state index in [4.69, 9.17) is 10.00 Å². The van der Waals surface area contributed by atoms with Gasteiger partial charge >= 0.3 is 0 Å². The van der Waals surface area contributed by atoms with Crippen LogP contribution in [0, 0.1) is 29.1 Å². The fourth-order valence-electron chi connectivity index (χ4n) is 4.64. The largest absolute Gasteiger partial charge is 0.378 e. The second-order valence-corrected chi connectivity index (χ2v) is 8.50. The fourth-order valence-corrected chi connectivity index (χ4v) is 4.64. The van der Waals surface area contributed by atoms with Crippen molar-refractivity contribution < 1.29 is 4.74 Å². The van der Waals surface area contributed by atoms with Gasteiger partial charge in [-0.15, -0.1) is 0 Å². The number of nitriles is 1. The van der Waals surface area contributed by atoms with Crippen LogP contribution in [0.3, 0.4) is 0 Å². The Morgan fingerprint density at radius 1 is 0.885 bits per heavy atom. The topological polar surface area (TPSA) is 33.0 Å². The van der Waals surface area contributed by atoms with Crippen LogP contribution < -0.4 is 0 Å². The first-order chi connectivity index (χ1) is 12.8. The van der Waals surface area contributed by atoms with Crippen LogP contribution in [0.1, 0.15) is 90.4 Å². The molecule has 0 aliphatic heterocycles. The van der Waals surface area contributed by atoms with E-state index in [9.17, 15) is 0 Å². The zero-order chi connectivity index (χ0) is 18.5.